The zero-order valence-electron chi connectivity index (χ0n) is 17.8. The average Bonchev–Trinajstić information content (AvgIpc) is 2.88. The molecule has 0 atom stereocenters. The number of hydrogen-bond acceptors (Lipinski definition) is 7. The maximum Gasteiger partial charge on any atom is 0.414 e. The number of hydrogen-bond donors (Lipinski definition) is 3. The molecule has 1 amide bonds. The molecule has 0 saturated carbocycles. The van der Waals surface area contributed by atoms with Gasteiger partial charge in [0.25, 0.3) is 0 Å². The average molecular weight is 455 g/mol. The summed E-state index contributed by atoms with van der Waals surface area (Å²) in [7, 11) is 0. The number of rotatable bonds is 5. The van der Waals surface area contributed by atoms with Gasteiger partial charge in [0, 0.05) is 4.88 Å². The lowest BCUT2D eigenvalue weighted by molar-refractivity contribution is -0.159. The first kappa shape index (κ1) is 24.8. The van der Waals surface area contributed by atoms with Crippen molar-refractivity contribution in [2.75, 3.05) is 31.6 Å². The summed E-state index contributed by atoms with van der Waals surface area (Å²) in [5.41, 5.74) is 1.70. The van der Waals surface area contributed by atoms with E-state index in [1.807, 2.05) is 6.92 Å². The van der Waals surface area contributed by atoms with E-state index in [4.69, 9.17) is 24.5 Å². The summed E-state index contributed by atoms with van der Waals surface area (Å²) in [4.78, 5) is 46.6. The number of nitrogens with zero attached hydrogens (tertiary/aromatic N) is 1. The molecule has 0 radical (unpaired) electrons. The van der Waals surface area contributed by atoms with E-state index < -0.39 is 11.9 Å². The number of nitrogens with one attached hydrogen (secondary N) is 1. The van der Waals surface area contributed by atoms with Gasteiger partial charge in [-0.15, -0.1) is 11.3 Å². The van der Waals surface area contributed by atoms with E-state index in [2.05, 4.69) is 10.2 Å². The van der Waals surface area contributed by atoms with Crippen LogP contribution in [0.15, 0.2) is 0 Å². The molecule has 2 heterocycles. The largest absolute Gasteiger partial charge is 0.473 e. The van der Waals surface area contributed by atoms with E-state index in [9.17, 15) is 9.59 Å². The van der Waals surface area contributed by atoms with Gasteiger partial charge in [-0.25, -0.2) is 14.4 Å². The van der Waals surface area contributed by atoms with Gasteiger partial charge < -0.3 is 20.3 Å². The van der Waals surface area contributed by atoms with Crippen LogP contribution in [-0.2, 0) is 32.0 Å². The van der Waals surface area contributed by atoms with Crippen LogP contribution < -0.4 is 5.32 Å². The molecule has 1 aromatic rings. The molecule has 0 aromatic carbocycles. The Balaban J connectivity index is 0.000000501. The number of aryl methyl sites for hydroxylation is 1. The molecule has 1 aromatic heterocycles. The lowest BCUT2D eigenvalue weighted by Crippen LogP contribution is -2.34. The van der Waals surface area contributed by atoms with Crippen LogP contribution in [0.2, 0.25) is 0 Å². The monoisotopic (exact) mass is 454 g/mol. The number of anilines is 1. The maximum absolute atomic E-state index is 12.5. The third kappa shape index (κ3) is 7.62. The number of carbonyl (C=O) groups is 4. The third-order valence-electron chi connectivity index (χ3n) is 5.15. The molecular weight excluding hydrogens is 424 g/mol. The number of carboxylic acids is 2. The molecule has 10 heteroatoms. The molecule has 1 saturated heterocycles. The summed E-state index contributed by atoms with van der Waals surface area (Å²) >= 11 is 1.56. The highest BCUT2D eigenvalue weighted by molar-refractivity contribution is 7.17. The topological polar surface area (TPSA) is 133 Å². The number of aliphatic carboxylic acids is 2. The molecule has 172 valence electrons. The van der Waals surface area contributed by atoms with Gasteiger partial charge in [0.2, 0.25) is 5.91 Å². The van der Waals surface area contributed by atoms with Gasteiger partial charge in [-0.1, -0.05) is 12.8 Å². The van der Waals surface area contributed by atoms with Crippen molar-refractivity contribution in [1.82, 2.24) is 4.90 Å². The Morgan fingerprint density at radius 1 is 0.968 bits per heavy atom. The van der Waals surface area contributed by atoms with E-state index >= 15 is 0 Å². The van der Waals surface area contributed by atoms with Crippen LogP contribution in [0.1, 0.15) is 66.2 Å². The number of fused-ring (bicyclic) bond motifs is 1. The second-order valence-corrected chi connectivity index (χ2v) is 8.59. The van der Waals surface area contributed by atoms with Crippen molar-refractivity contribution in [3.8, 4) is 0 Å². The summed E-state index contributed by atoms with van der Waals surface area (Å²) in [6.45, 7) is 4.54. The lowest BCUT2D eigenvalue weighted by atomic mass is 9.95. The molecule has 0 spiro atoms. The molecule has 0 bridgehead atoms. The Morgan fingerprint density at radius 3 is 2.16 bits per heavy atom. The molecule has 1 fully saturated rings. The lowest BCUT2D eigenvalue weighted by Gasteiger charge is -2.19. The molecule has 1 aliphatic heterocycles. The minimum atomic E-state index is -1.82. The molecule has 1 aliphatic carbocycles. The van der Waals surface area contributed by atoms with Gasteiger partial charge in [-0.05, 0) is 64.1 Å². The van der Waals surface area contributed by atoms with Crippen molar-refractivity contribution in [1.29, 1.82) is 0 Å². The molecular formula is C21H30N2O7S. The van der Waals surface area contributed by atoms with Crippen molar-refractivity contribution in [3.63, 3.8) is 0 Å². The van der Waals surface area contributed by atoms with Crippen LogP contribution in [0.4, 0.5) is 5.00 Å². The van der Waals surface area contributed by atoms with Crippen molar-refractivity contribution in [2.45, 2.75) is 58.3 Å². The molecule has 31 heavy (non-hydrogen) atoms. The number of thiophene rings is 1. The minimum Gasteiger partial charge on any atom is -0.473 e. The maximum atomic E-state index is 12.5. The van der Waals surface area contributed by atoms with Gasteiger partial charge in [-0.3, -0.25) is 9.69 Å². The van der Waals surface area contributed by atoms with Crippen LogP contribution in [-0.4, -0.2) is 65.2 Å². The number of ether oxygens (including phenoxy) is 1. The van der Waals surface area contributed by atoms with Crippen molar-refractivity contribution >= 4 is 40.2 Å². The molecule has 0 unspecified atom stereocenters. The zero-order valence-corrected chi connectivity index (χ0v) is 18.6. The van der Waals surface area contributed by atoms with Crippen molar-refractivity contribution < 1.29 is 34.1 Å². The standard InChI is InChI=1S/C19H28N2O3S.C2H2O4/c1-2-24-19(23)17-14-9-5-6-10-15(14)25-18(17)20-16(22)13-21-11-7-3-4-8-12-21;3-1(4)2(5)6/h2-13H2,1H3,(H,20,22);(H,3,4)(H,5,6). The Bertz CT molecular complexity index is 786. The fraction of sp³-hybridized carbons (Fsp3) is 0.619. The first-order chi connectivity index (χ1) is 14.8. The Morgan fingerprint density at radius 2 is 1.58 bits per heavy atom. The van der Waals surface area contributed by atoms with Crippen LogP contribution in [0.5, 0.6) is 0 Å². The van der Waals surface area contributed by atoms with Crippen LogP contribution in [0.3, 0.4) is 0 Å². The fourth-order valence-electron chi connectivity index (χ4n) is 3.74. The number of carboxylic acid groups (broad SMARTS) is 2. The van der Waals surface area contributed by atoms with E-state index in [0.717, 1.165) is 57.2 Å². The van der Waals surface area contributed by atoms with E-state index in [1.54, 1.807) is 11.3 Å². The predicted octanol–water partition coefficient (Wildman–Crippen LogP) is 2.77. The van der Waals surface area contributed by atoms with E-state index in [1.165, 1.54) is 17.7 Å². The Hall–Kier alpha value is -2.46. The van der Waals surface area contributed by atoms with Gasteiger partial charge in [0.15, 0.2) is 0 Å². The Labute approximate surface area is 185 Å². The first-order valence-electron chi connectivity index (χ1n) is 10.6. The van der Waals surface area contributed by atoms with Crippen LogP contribution in [0, 0.1) is 0 Å². The van der Waals surface area contributed by atoms with Gasteiger partial charge in [0.05, 0.1) is 18.7 Å². The first-order valence-corrected chi connectivity index (χ1v) is 11.4. The number of carbonyl (C=O) groups excluding carboxylic acids is 2. The van der Waals surface area contributed by atoms with E-state index in [0.29, 0.717) is 23.7 Å². The van der Waals surface area contributed by atoms with Crippen LogP contribution >= 0.6 is 11.3 Å². The molecule has 9 nitrogen and oxygen atoms in total. The van der Waals surface area contributed by atoms with Gasteiger partial charge in [-0.2, -0.15) is 0 Å². The molecule has 3 rings (SSSR count). The third-order valence-corrected chi connectivity index (χ3v) is 6.36. The smallest absolute Gasteiger partial charge is 0.414 e. The normalized spacial score (nSPS) is 16.2. The molecule has 2 aliphatic rings. The number of esters is 1. The summed E-state index contributed by atoms with van der Waals surface area (Å²) in [6, 6.07) is 0. The second-order valence-electron chi connectivity index (χ2n) is 7.48. The van der Waals surface area contributed by atoms with Crippen molar-refractivity contribution in [3.05, 3.63) is 16.0 Å². The summed E-state index contributed by atoms with van der Waals surface area (Å²) in [6.07, 6.45) is 8.97. The van der Waals surface area contributed by atoms with Crippen LogP contribution in [0.25, 0.3) is 0 Å². The minimum absolute atomic E-state index is 0.0222. The summed E-state index contributed by atoms with van der Waals surface area (Å²) in [5, 5.41) is 18.5. The molecule has 3 N–H and O–H groups in total. The zero-order chi connectivity index (χ0) is 22.8. The SMILES string of the molecule is CCOC(=O)c1c(NC(=O)CN2CCCCCC2)sc2c1CCCC2.O=C(O)C(=O)O. The number of likely N-dealkylation sites (tertiary alicyclic amines) is 1. The summed E-state index contributed by atoms with van der Waals surface area (Å²) in [5.74, 6) is -3.97. The fourth-order valence-corrected chi connectivity index (χ4v) is 5.03. The predicted molar refractivity (Wildman–Crippen MR) is 116 cm³/mol. The second kappa shape index (κ2) is 12.4. The van der Waals surface area contributed by atoms with Gasteiger partial charge in [0.1, 0.15) is 5.00 Å². The number of amides is 1. The summed E-state index contributed by atoms with van der Waals surface area (Å²) < 4.78 is 5.25. The highest BCUT2D eigenvalue weighted by Gasteiger charge is 2.27. The van der Waals surface area contributed by atoms with Gasteiger partial charge >= 0.3 is 17.9 Å². The highest BCUT2D eigenvalue weighted by Crippen LogP contribution is 2.38. The Kier molecular flexibility index (Phi) is 9.93. The quantitative estimate of drug-likeness (QED) is 0.457. The van der Waals surface area contributed by atoms with Crippen molar-refractivity contribution in [2.24, 2.45) is 0 Å². The van der Waals surface area contributed by atoms with E-state index in [-0.39, 0.29) is 11.9 Å². The highest BCUT2D eigenvalue weighted by atomic mass is 32.1.